The highest BCUT2D eigenvalue weighted by atomic mass is 19.4. The molecule has 3 aromatic carbocycles. The van der Waals surface area contributed by atoms with Crippen molar-refractivity contribution in [3.63, 3.8) is 0 Å². The zero-order valence-corrected chi connectivity index (χ0v) is 13.8. The van der Waals surface area contributed by atoms with Crippen molar-refractivity contribution < 1.29 is 23.0 Å². The van der Waals surface area contributed by atoms with Gasteiger partial charge >= 0.3 is 6.18 Å². The van der Waals surface area contributed by atoms with Gasteiger partial charge in [-0.1, -0.05) is 54.6 Å². The molecule has 0 aliphatic rings. The van der Waals surface area contributed by atoms with Gasteiger partial charge in [-0.2, -0.15) is 13.2 Å². The zero-order chi connectivity index (χ0) is 18.6. The summed E-state index contributed by atoms with van der Waals surface area (Å²) in [6.45, 7) is -0.0468. The molecule has 1 N–H and O–H groups in total. The molecule has 26 heavy (non-hydrogen) atoms. The lowest BCUT2D eigenvalue weighted by molar-refractivity contribution is -0.137. The van der Waals surface area contributed by atoms with Crippen LogP contribution in [0.4, 0.5) is 13.2 Å². The van der Waals surface area contributed by atoms with E-state index in [-0.39, 0.29) is 11.1 Å². The van der Waals surface area contributed by atoms with Crippen LogP contribution in [-0.2, 0) is 19.4 Å². The topological polar surface area (TPSA) is 29.5 Å². The number of hydrogen-bond donors (Lipinski definition) is 1. The number of rotatable bonds is 5. The first-order valence-corrected chi connectivity index (χ1v) is 8.05. The molecule has 2 nitrogen and oxygen atoms in total. The maximum atomic E-state index is 13.3. The van der Waals surface area contributed by atoms with E-state index in [0.717, 1.165) is 11.6 Å². The third kappa shape index (κ3) is 4.24. The van der Waals surface area contributed by atoms with Crippen LogP contribution >= 0.6 is 0 Å². The Bertz CT molecular complexity index is 857. The predicted octanol–water partition coefficient (Wildman–Crippen LogP) is 5.44. The van der Waals surface area contributed by atoms with E-state index in [1.165, 1.54) is 12.1 Å². The van der Waals surface area contributed by atoms with Gasteiger partial charge in [0.05, 0.1) is 12.2 Å². The molecule has 3 aromatic rings. The molecule has 0 saturated heterocycles. The van der Waals surface area contributed by atoms with Gasteiger partial charge in [0.15, 0.2) is 0 Å². The smallest absolute Gasteiger partial charge is 0.417 e. The van der Waals surface area contributed by atoms with Crippen LogP contribution in [0.1, 0.15) is 16.7 Å². The largest absolute Gasteiger partial charge is 0.489 e. The lowest BCUT2D eigenvalue weighted by Gasteiger charge is -2.15. The van der Waals surface area contributed by atoms with E-state index < -0.39 is 18.3 Å². The van der Waals surface area contributed by atoms with Crippen LogP contribution in [0.3, 0.4) is 0 Å². The molecule has 0 amide bonds. The van der Waals surface area contributed by atoms with Crippen LogP contribution in [0.25, 0.3) is 11.1 Å². The van der Waals surface area contributed by atoms with E-state index in [4.69, 9.17) is 9.84 Å². The van der Waals surface area contributed by atoms with Gasteiger partial charge < -0.3 is 9.84 Å². The number of alkyl halides is 3. The lowest BCUT2D eigenvalue weighted by Crippen LogP contribution is -2.08. The minimum Gasteiger partial charge on any atom is -0.489 e. The molecule has 0 bridgehead atoms. The number of aliphatic hydroxyl groups excluding tert-OH is 1. The number of benzene rings is 3. The molecule has 134 valence electrons. The van der Waals surface area contributed by atoms with Gasteiger partial charge in [-0.05, 0) is 40.5 Å². The van der Waals surface area contributed by atoms with Gasteiger partial charge in [0.1, 0.15) is 12.4 Å². The highest BCUT2D eigenvalue weighted by Crippen LogP contribution is 2.38. The summed E-state index contributed by atoms with van der Waals surface area (Å²) in [6.07, 6.45) is -4.50. The van der Waals surface area contributed by atoms with E-state index >= 15 is 0 Å². The van der Waals surface area contributed by atoms with Crippen LogP contribution in [-0.4, -0.2) is 5.11 Å². The average Bonchev–Trinajstić information content (AvgIpc) is 2.66. The first kappa shape index (κ1) is 18.0. The number of ether oxygens (including phenoxy) is 1. The third-order valence-electron chi connectivity index (χ3n) is 3.99. The molecule has 0 aromatic heterocycles. The highest BCUT2D eigenvalue weighted by Gasteiger charge is 2.33. The molecule has 0 heterocycles. The van der Waals surface area contributed by atoms with Crippen molar-refractivity contribution >= 4 is 0 Å². The van der Waals surface area contributed by atoms with Gasteiger partial charge in [-0.15, -0.1) is 0 Å². The summed E-state index contributed by atoms with van der Waals surface area (Å²) in [5.41, 5.74) is 0.986. The van der Waals surface area contributed by atoms with Crippen LogP contribution in [0.2, 0.25) is 0 Å². The normalized spacial score (nSPS) is 11.4. The van der Waals surface area contributed by atoms with Gasteiger partial charge in [0.2, 0.25) is 0 Å². The summed E-state index contributed by atoms with van der Waals surface area (Å²) in [4.78, 5) is 0. The Hall–Kier alpha value is -2.79. The maximum absolute atomic E-state index is 13.3. The van der Waals surface area contributed by atoms with Crippen molar-refractivity contribution in [3.05, 3.63) is 89.5 Å². The number of halogens is 3. The summed E-state index contributed by atoms with van der Waals surface area (Å²) < 4.78 is 45.7. The van der Waals surface area contributed by atoms with E-state index in [0.29, 0.717) is 17.9 Å². The van der Waals surface area contributed by atoms with Gasteiger partial charge in [-0.3, -0.25) is 0 Å². The molecule has 0 aliphatic heterocycles. The van der Waals surface area contributed by atoms with Crippen LogP contribution in [0.15, 0.2) is 72.8 Å². The Kier molecular flexibility index (Phi) is 5.28. The molecule has 0 spiro atoms. The first-order chi connectivity index (χ1) is 12.5. The first-order valence-electron chi connectivity index (χ1n) is 8.05. The Morgan fingerprint density at radius 3 is 2.12 bits per heavy atom. The van der Waals surface area contributed by atoms with E-state index in [1.807, 2.05) is 30.3 Å². The van der Waals surface area contributed by atoms with Crippen molar-refractivity contribution in [1.29, 1.82) is 0 Å². The SMILES string of the molecule is OCc1ccc(-c2ccc(OCc3ccccc3)cc2)c(C(F)(F)F)c1. The number of aliphatic hydroxyl groups is 1. The van der Waals surface area contributed by atoms with Crippen molar-refractivity contribution in [1.82, 2.24) is 0 Å². The quantitative estimate of drug-likeness (QED) is 0.658. The van der Waals surface area contributed by atoms with Crippen molar-refractivity contribution in [3.8, 4) is 16.9 Å². The van der Waals surface area contributed by atoms with Gasteiger partial charge in [-0.25, -0.2) is 0 Å². The standard InChI is InChI=1S/C21H17F3O2/c22-21(23,24)20-12-16(13-25)6-11-19(20)17-7-9-18(10-8-17)26-14-15-4-2-1-3-5-15/h1-12,25H,13-14H2. The fourth-order valence-electron chi connectivity index (χ4n) is 2.65. The van der Waals surface area contributed by atoms with Crippen LogP contribution < -0.4 is 4.74 Å². The second-order valence-corrected chi connectivity index (χ2v) is 5.83. The summed E-state index contributed by atoms with van der Waals surface area (Å²) >= 11 is 0. The van der Waals surface area contributed by atoms with Gasteiger partial charge in [0.25, 0.3) is 0 Å². The Morgan fingerprint density at radius 2 is 1.50 bits per heavy atom. The molecule has 3 rings (SSSR count). The Labute approximate surface area is 149 Å². The van der Waals surface area contributed by atoms with E-state index in [2.05, 4.69) is 0 Å². The molecule has 0 aliphatic carbocycles. The van der Waals surface area contributed by atoms with Crippen molar-refractivity contribution in [2.24, 2.45) is 0 Å². The third-order valence-corrected chi connectivity index (χ3v) is 3.99. The van der Waals surface area contributed by atoms with Crippen LogP contribution in [0, 0.1) is 0 Å². The minimum absolute atomic E-state index is 0.0734. The predicted molar refractivity (Wildman–Crippen MR) is 93.6 cm³/mol. The summed E-state index contributed by atoms with van der Waals surface area (Å²) in [7, 11) is 0. The van der Waals surface area contributed by atoms with E-state index in [1.54, 1.807) is 24.3 Å². The monoisotopic (exact) mass is 358 g/mol. The maximum Gasteiger partial charge on any atom is 0.417 e. The Morgan fingerprint density at radius 1 is 0.808 bits per heavy atom. The molecule has 0 atom stereocenters. The van der Waals surface area contributed by atoms with Crippen molar-refractivity contribution in [2.45, 2.75) is 19.4 Å². The zero-order valence-electron chi connectivity index (χ0n) is 13.8. The molecule has 0 unspecified atom stereocenters. The second kappa shape index (κ2) is 7.62. The molecular formula is C21H17F3O2. The average molecular weight is 358 g/mol. The second-order valence-electron chi connectivity index (χ2n) is 5.83. The van der Waals surface area contributed by atoms with Crippen LogP contribution in [0.5, 0.6) is 5.75 Å². The lowest BCUT2D eigenvalue weighted by atomic mass is 9.97. The molecule has 5 heteroatoms. The molecular weight excluding hydrogens is 341 g/mol. The van der Waals surface area contributed by atoms with E-state index in [9.17, 15) is 13.2 Å². The fourth-order valence-corrected chi connectivity index (χ4v) is 2.65. The summed E-state index contributed by atoms with van der Waals surface area (Å²) in [5, 5.41) is 9.09. The van der Waals surface area contributed by atoms with Crippen molar-refractivity contribution in [2.75, 3.05) is 0 Å². The highest BCUT2D eigenvalue weighted by molar-refractivity contribution is 5.69. The fraction of sp³-hybridized carbons (Fsp3) is 0.143. The molecule has 0 saturated carbocycles. The summed E-state index contributed by atoms with van der Waals surface area (Å²) in [5.74, 6) is 0.582. The molecule has 0 fully saturated rings. The Balaban J connectivity index is 1.82. The summed E-state index contributed by atoms with van der Waals surface area (Å²) in [6, 6.07) is 20.0. The molecule has 0 radical (unpaired) electrons. The minimum atomic E-state index is -4.50. The van der Waals surface area contributed by atoms with Gasteiger partial charge in [0, 0.05) is 0 Å². The number of hydrogen-bond acceptors (Lipinski definition) is 2.